The first kappa shape index (κ1) is 42.0. The minimum atomic E-state index is -0.217. The van der Waals surface area contributed by atoms with Gasteiger partial charge in [0.2, 0.25) is 0 Å². The Morgan fingerprint density at radius 2 is 1.09 bits per heavy atom. The van der Waals surface area contributed by atoms with Gasteiger partial charge in [0, 0.05) is 66.3 Å². The molecule has 0 saturated carbocycles. The van der Waals surface area contributed by atoms with Gasteiger partial charge >= 0.3 is 0 Å². The molecule has 5 aromatic carbocycles. The van der Waals surface area contributed by atoms with Crippen molar-refractivity contribution in [2.75, 3.05) is 9.80 Å². The molecule has 1 aromatic heterocycles. The molecule has 1 aliphatic heterocycles. The van der Waals surface area contributed by atoms with E-state index in [4.69, 9.17) is 9.84 Å². The molecule has 0 N–H and O–H groups in total. The molecule has 0 amide bonds. The summed E-state index contributed by atoms with van der Waals surface area (Å²) in [6.07, 6.45) is 0. The van der Waals surface area contributed by atoms with Crippen LogP contribution in [0.2, 0.25) is 0 Å². The Balaban J connectivity index is 0.00000549. The molecule has 0 radical (unpaired) electrons. The molecule has 0 spiro atoms. The van der Waals surface area contributed by atoms with Gasteiger partial charge in [0.1, 0.15) is 0 Å². The van der Waals surface area contributed by atoms with Gasteiger partial charge in [0.05, 0.1) is 5.69 Å². The number of aryl methyl sites for hydroxylation is 1. The fraction of sp³-hybridized carbons (Fsp3) is 0.333. The summed E-state index contributed by atoms with van der Waals surface area (Å²) in [4.78, 5) is 4.56. The van der Waals surface area contributed by atoms with E-state index in [1.165, 1.54) is 22.3 Å². The molecule has 2 heterocycles. The van der Waals surface area contributed by atoms with Crippen LogP contribution in [0.25, 0.3) is 5.69 Å². The predicted molar refractivity (Wildman–Crippen MR) is 233 cm³/mol. The van der Waals surface area contributed by atoms with E-state index in [-0.39, 0.29) is 42.7 Å². The van der Waals surface area contributed by atoms with Crippen molar-refractivity contribution in [1.29, 1.82) is 0 Å². The summed E-state index contributed by atoms with van der Waals surface area (Å²) in [5, 5.41) is 5.03. The van der Waals surface area contributed by atoms with Gasteiger partial charge in [-0.25, -0.2) is 0 Å². The van der Waals surface area contributed by atoms with E-state index in [0.29, 0.717) is 11.5 Å². The zero-order valence-corrected chi connectivity index (χ0v) is 38.2. The largest absolute Gasteiger partial charge is 0.509 e. The zero-order valence-electron chi connectivity index (χ0n) is 35.9. The van der Waals surface area contributed by atoms with E-state index in [1.807, 2.05) is 22.9 Å². The smallest absolute Gasteiger partial charge is 0.0640 e. The van der Waals surface area contributed by atoms with E-state index in [0.717, 1.165) is 45.4 Å². The van der Waals surface area contributed by atoms with Crippen LogP contribution in [0.4, 0.5) is 22.7 Å². The third-order valence-corrected chi connectivity index (χ3v) is 11.1. The third kappa shape index (κ3) is 8.37. The van der Waals surface area contributed by atoms with E-state index >= 15 is 0 Å². The average molecular weight is 937 g/mol. The van der Waals surface area contributed by atoms with Crippen molar-refractivity contribution in [3.8, 4) is 17.2 Å². The first-order valence-corrected chi connectivity index (χ1v) is 19.8. The number of benzene rings is 5. The van der Waals surface area contributed by atoms with Crippen molar-refractivity contribution >= 4 is 22.7 Å². The second-order valence-electron chi connectivity index (χ2n) is 18.9. The van der Waals surface area contributed by atoms with Gasteiger partial charge in [-0.15, -0.1) is 54.3 Å². The fourth-order valence-corrected chi connectivity index (χ4v) is 7.79. The van der Waals surface area contributed by atoms with Gasteiger partial charge in [0.25, 0.3) is 0 Å². The van der Waals surface area contributed by atoms with Gasteiger partial charge in [0.15, 0.2) is 0 Å². The van der Waals surface area contributed by atoms with Gasteiger partial charge in [-0.2, -0.15) is 11.2 Å². The number of hydrogen-bond acceptors (Lipinski definition) is 4. The maximum absolute atomic E-state index is 6.69. The summed E-state index contributed by atoms with van der Waals surface area (Å²) in [7, 11) is 0. The number of aromatic nitrogens is 2. The molecule has 0 saturated heterocycles. The number of rotatable bonds is 7. The molecule has 6 aromatic rings. The van der Waals surface area contributed by atoms with Crippen molar-refractivity contribution < 1.29 is 25.8 Å². The summed E-state index contributed by atoms with van der Waals surface area (Å²) < 4.78 is 8.68. The SMILES string of the molecule is Cc1nn(-c2[c-]c(Oc3[c-]c(N4[CH-]N(c5cc(C(C)(C)C)cc(C(C)(C)C)c5)c5ccccc54)cc(C(C)(C)C)c3)ccc2)c(C)c1C(C)(C)c1ccccc1.[Pt]. The quantitative estimate of drug-likeness (QED) is 0.149. The summed E-state index contributed by atoms with van der Waals surface area (Å²) in [5.41, 5.74) is 13.1. The number of fused-ring (bicyclic) bond motifs is 1. The van der Waals surface area contributed by atoms with Gasteiger partial charge in [-0.05, 0) is 76.7 Å². The summed E-state index contributed by atoms with van der Waals surface area (Å²) in [5.74, 6) is 1.24. The average Bonchev–Trinajstić information content (AvgIpc) is 3.68. The molecule has 1 aliphatic rings. The Hall–Kier alpha value is -4.60. The Labute approximate surface area is 356 Å². The maximum atomic E-state index is 6.69. The monoisotopic (exact) mass is 936 g/mol. The minimum Gasteiger partial charge on any atom is -0.509 e. The van der Waals surface area contributed by atoms with Crippen LogP contribution < -0.4 is 14.5 Å². The molecule has 0 fully saturated rings. The van der Waals surface area contributed by atoms with E-state index in [9.17, 15) is 0 Å². The van der Waals surface area contributed by atoms with Gasteiger partial charge in [-0.3, -0.25) is 4.68 Å². The maximum Gasteiger partial charge on any atom is 0.0640 e. The van der Waals surface area contributed by atoms with Crippen molar-refractivity contribution in [3.63, 3.8) is 0 Å². The molecule has 0 unspecified atom stereocenters. The number of para-hydroxylation sites is 2. The third-order valence-electron chi connectivity index (χ3n) is 11.1. The summed E-state index contributed by atoms with van der Waals surface area (Å²) in [6.45, 7) is 31.4. The normalized spacial score (nSPS) is 13.4. The molecule has 0 aliphatic carbocycles. The number of nitrogens with zero attached hydrogens (tertiary/aromatic N) is 4. The topological polar surface area (TPSA) is 33.5 Å². The standard InChI is InChI=1S/C51H57N4O.Pt/c1-34-47(51(12,13)36-20-15-14-16-21-36)35(2)55(52-34)40-22-19-23-43(31-40)56-44-30-39(50(9,10)11)29-42(32-44)54-33-53(45-24-17-18-25-46(45)54)41-27-37(48(3,4)5)26-38(28-41)49(6,7)8;/h14-30,33H,1-13H3;/q-3;. The second kappa shape index (κ2) is 15.3. The number of anilines is 4. The van der Waals surface area contributed by atoms with Crippen LogP contribution in [0.5, 0.6) is 11.5 Å². The molecule has 0 bridgehead atoms. The zero-order chi connectivity index (χ0) is 40.4. The Morgan fingerprint density at radius 3 is 1.68 bits per heavy atom. The van der Waals surface area contributed by atoms with Gasteiger partial charge < -0.3 is 14.5 Å². The van der Waals surface area contributed by atoms with Crippen LogP contribution >= 0.6 is 0 Å². The number of ether oxygens (including phenoxy) is 1. The van der Waals surface area contributed by atoms with Crippen LogP contribution in [0.3, 0.4) is 0 Å². The van der Waals surface area contributed by atoms with Gasteiger partial charge in [-0.1, -0.05) is 125 Å². The molecular weight excluding hydrogens is 880 g/mol. The first-order chi connectivity index (χ1) is 26.2. The fourth-order valence-electron chi connectivity index (χ4n) is 7.79. The van der Waals surface area contributed by atoms with E-state index in [2.05, 4.69) is 204 Å². The molecule has 5 nitrogen and oxygen atoms in total. The van der Waals surface area contributed by atoms with Crippen LogP contribution in [0.15, 0.2) is 103 Å². The molecule has 0 atom stereocenters. The van der Waals surface area contributed by atoms with Crippen LogP contribution in [0, 0.1) is 32.6 Å². The molecule has 57 heavy (non-hydrogen) atoms. The summed E-state index contributed by atoms with van der Waals surface area (Å²) in [6, 6.07) is 43.8. The van der Waals surface area contributed by atoms with Crippen molar-refractivity contribution in [1.82, 2.24) is 9.78 Å². The Kier molecular flexibility index (Phi) is 11.3. The molecular formula is C51H57N4OPt-3. The minimum absolute atomic E-state index is 0. The second-order valence-corrected chi connectivity index (χ2v) is 18.9. The molecule has 6 heteroatoms. The molecule has 300 valence electrons. The van der Waals surface area contributed by atoms with Crippen LogP contribution in [0.1, 0.15) is 115 Å². The first-order valence-electron chi connectivity index (χ1n) is 19.8. The number of hydrogen-bond donors (Lipinski definition) is 0. The Bertz CT molecular complexity index is 2360. The summed E-state index contributed by atoms with van der Waals surface area (Å²) >= 11 is 0. The van der Waals surface area contributed by atoms with Crippen molar-refractivity contribution in [3.05, 3.63) is 161 Å². The predicted octanol–water partition coefficient (Wildman–Crippen LogP) is 13.5. The van der Waals surface area contributed by atoms with Crippen molar-refractivity contribution in [2.45, 2.75) is 112 Å². The molecule has 7 rings (SSSR count). The van der Waals surface area contributed by atoms with Crippen molar-refractivity contribution in [2.24, 2.45) is 0 Å². The van der Waals surface area contributed by atoms with E-state index in [1.54, 1.807) is 0 Å². The van der Waals surface area contributed by atoms with Crippen LogP contribution in [-0.4, -0.2) is 9.78 Å². The Morgan fingerprint density at radius 1 is 0.544 bits per heavy atom. The van der Waals surface area contributed by atoms with E-state index < -0.39 is 0 Å². The van der Waals surface area contributed by atoms with Crippen LogP contribution in [-0.2, 0) is 42.7 Å².